The van der Waals surface area contributed by atoms with Crippen LogP contribution in [0.3, 0.4) is 0 Å². The van der Waals surface area contributed by atoms with Crippen molar-refractivity contribution in [2.24, 2.45) is 0 Å². The van der Waals surface area contributed by atoms with Crippen LogP contribution in [-0.4, -0.2) is 29.8 Å². The van der Waals surface area contributed by atoms with Gasteiger partial charge in [0.2, 0.25) is 0 Å². The highest BCUT2D eigenvalue weighted by Gasteiger charge is 2.30. The molecule has 0 aliphatic rings. The van der Waals surface area contributed by atoms with Crippen molar-refractivity contribution in [1.29, 1.82) is 0 Å². The summed E-state index contributed by atoms with van der Waals surface area (Å²) in [5.74, 6) is -0.407. The van der Waals surface area contributed by atoms with Crippen LogP contribution in [0.5, 0.6) is 0 Å². The summed E-state index contributed by atoms with van der Waals surface area (Å²) in [7, 11) is -3.32. The first-order chi connectivity index (χ1) is 12.1. The molecule has 5 nitrogen and oxygen atoms in total. The number of alkyl halides is 3. The lowest BCUT2D eigenvalue weighted by atomic mass is 10.0. The van der Waals surface area contributed by atoms with Gasteiger partial charge in [0.05, 0.1) is 12.1 Å². The van der Waals surface area contributed by atoms with Crippen LogP contribution < -0.4 is 10.0 Å². The largest absolute Gasteiger partial charge is 0.598 e. The van der Waals surface area contributed by atoms with Crippen molar-refractivity contribution in [3.05, 3.63) is 59.7 Å². The molecule has 0 aliphatic heterocycles. The Morgan fingerprint density at radius 3 is 2.31 bits per heavy atom. The number of hydrogen-bond acceptors (Lipinski definition) is 3. The van der Waals surface area contributed by atoms with Gasteiger partial charge in [0.15, 0.2) is 0 Å². The first kappa shape index (κ1) is 20.1. The van der Waals surface area contributed by atoms with Gasteiger partial charge >= 0.3 is 6.18 Å². The number of rotatable bonds is 6. The summed E-state index contributed by atoms with van der Waals surface area (Å²) in [4.78, 5) is 12.0. The summed E-state index contributed by atoms with van der Waals surface area (Å²) in [5, 5.41) is 2.55. The van der Waals surface area contributed by atoms with Gasteiger partial charge in [0, 0.05) is 12.1 Å². The van der Waals surface area contributed by atoms with Crippen LogP contribution in [-0.2, 0) is 20.8 Å². The number of carbonyl (C=O) groups is 1. The topological polar surface area (TPSA) is 81.3 Å². The smallest absolute Gasteiger partial charge is 0.416 e. The number of nitrogens with one attached hydrogen (secondary N) is 2. The number of benzene rings is 2. The van der Waals surface area contributed by atoms with E-state index in [2.05, 4.69) is 10.0 Å². The fraction of sp³-hybridized carbons (Fsp3) is 0.235. The molecular weight excluding hydrogens is 369 g/mol. The minimum atomic E-state index is -4.42. The molecule has 9 heteroatoms. The highest BCUT2D eigenvalue weighted by molar-refractivity contribution is 7.95. The van der Waals surface area contributed by atoms with Gasteiger partial charge in [-0.2, -0.15) is 13.2 Å². The maximum Gasteiger partial charge on any atom is 0.416 e. The Kier molecular flexibility index (Phi) is 6.17. The summed E-state index contributed by atoms with van der Waals surface area (Å²) in [6.07, 6.45) is -3.41. The average molecular weight is 386 g/mol. The molecule has 0 aliphatic carbocycles. The summed E-state index contributed by atoms with van der Waals surface area (Å²) < 4.78 is 62.4. The number of hydrogen-bond donors (Lipinski definition) is 2. The number of halogens is 3. The fourth-order valence-electron chi connectivity index (χ4n) is 2.20. The van der Waals surface area contributed by atoms with Gasteiger partial charge in [-0.05, 0) is 35.4 Å². The molecule has 2 rings (SSSR count). The molecule has 2 aromatic carbocycles. The van der Waals surface area contributed by atoms with Gasteiger partial charge in [0.25, 0.3) is 5.91 Å². The summed E-state index contributed by atoms with van der Waals surface area (Å²) >= 11 is 0. The molecule has 1 atom stereocenters. The third kappa shape index (κ3) is 5.94. The lowest BCUT2D eigenvalue weighted by Crippen LogP contribution is -2.36. The van der Waals surface area contributed by atoms with Crippen LogP contribution in [0.15, 0.2) is 48.5 Å². The van der Waals surface area contributed by atoms with Crippen LogP contribution in [0, 0.1) is 0 Å². The Bertz CT molecular complexity index is 817. The van der Waals surface area contributed by atoms with E-state index in [4.69, 9.17) is 0 Å². The molecule has 0 spiro atoms. The lowest BCUT2D eigenvalue weighted by Gasteiger charge is -2.11. The van der Waals surface area contributed by atoms with Crippen LogP contribution in [0.4, 0.5) is 13.2 Å². The molecule has 26 heavy (non-hydrogen) atoms. The minimum absolute atomic E-state index is 0.0624. The molecule has 1 amide bonds. The van der Waals surface area contributed by atoms with Gasteiger partial charge in [-0.15, -0.1) is 4.72 Å². The monoisotopic (exact) mass is 386 g/mol. The maximum atomic E-state index is 12.8. The molecule has 1 unspecified atom stereocenters. The van der Waals surface area contributed by atoms with E-state index in [0.29, 0.717) is 16.7 Å². The quantitative estimate of drug-likeness (QED) is 0.592. The second-order valence-electron chi connectivity index (χ2n) is 5.58. The van der Waals surface area contributed by atoms with Crippen molar-refractivity contribution < 1.29 is 26.7 Å². The average Bonchev–Trinajstić information content (AvgIpc) is 2.57. The Morgan fingerprint density at radius 1 is 1.08 bits per heavy atom. The Balaban J connectivity index is 2.02. The molecule has 0 saturated carbocycles. The summed E-state index contributed by atoms with van der Waals surface area (Å²) in [5.41, 5.74) is 0.519. The van der Waals surface area contributed by atoms with Crippen LogP contribution in [0.2, 0.25) is 0 Å². The van der Waals surface area contributed by atoms with Crippen LogP contribution >= 0.6 is 0 Å². The van der Waals surface area contributed by atoms with E-state index in [9.17, 15) is 26.7 Å². The lowest BCUT2D eigenvalue weighted by molar-refractivity contribution is -0.137. The van der Waals surface area contributed by atoms with Gasteiger partial charge < -0.3 is 9.87 Å². The standard InChI is InChI=1S/C17H17F3N2O3S/c1-26(24,25)22-10-9-21-16(23)13-7-5-12(6-8-13)14-3-2-4-15(11-14)17(18,19)20/h2-8,11H,9-10H2,1H3,(H2-,21,22,23,24,25). The Labute approximate surface area is 150 Å². The molecule has 2 N–H and O–H groups in total. The molecule has 0 saturated heterocycles. The van der Waals surface area contributed by atoms with Crippen molar-refractivity contribution in [3.8, 4) is 11.1 Å². The maximum absolute atomic E-state index is 12.8. The van der Waals surface area contributed by atoms with E-state index in [1.807, 2.05) is 0 Å². The van der Waals surface area contributed by atoms with Gasteiger partial charge in [-0.3, -0.25) is 4.79 Å². The van der Waals surface area contributed by atoms with E-state index in [0.717, 1.165) is 18.4 Å². The van der Waals surface area contributed by atoms with Crippen molar-refractivity contribution >= 4 is 16.3 Å². The number of amides is 1. The third-order valence-corrected chi connectivity index (χ3v) is 4.17. The van der Waals surface area contributed by atoms with E-state index in [1.165, 1.54) is 18.2 Å². The molecule has 140 valence electrons. The van der Waals surface area contributed by atoms with Crippen molar-refractivity contribution in [3.63, 3.8) is 0 Å². The summed E-state index contributed by atoms with van der Waals surface area (Å²) in [6, 6.07) is 11.0. The van der Waals surface area contributed by atoms with Gasteiger partial charge in [-0.25, -0.2) is 0 Å². The molecule has 0 fully saturated rings. The first-order valence-corrected chi connectivity index (χ1v) is 9.46. The van der Waals surface area contributed by atoms with E-state index in [-0.39, 0.29) is 13.1 Å². The van der Waals surface area contributed by atoms with Crippen molar-refractivity contribution in [1.82, 2.24) is 10.0 Å². The molecule has 2 aromatic rings. The molecule has 0 heterocycles. The highest BCUT2D eigenvalue weighted by atomic mass is 32.3. The number of sulfonamides is 1. The third-order valence-electron chi connectivity index (χ3n) is 3.45. The van der Waals surface area contributed by atoms with E-state index in [1.54, 1.807) is 18.2 Å². The molecule has 0 aromatic heterocycles. The molecule has 0 bridgehead atoms. The van der Waals surface area contributed by atoms with Crippen molar-refractivity contribution in [2.45, 2.75) is 6.18 Å². The van der Waals surface area contributed by atoms with Crippen LogP contribution in [0.1, 0.15) is 15.9 Å². The second-order valence-corrected chi connectivity index (χ2v) is 7.41. The van der Waals surface area contributed by atoms with Crippen LogP contribution in [0.25, 0.3) is 11.1 Å². The zero-order chi connectivity index (χ0) is 19.4. The number of carbonyl (C=O) groups excluding carboxylic acids is 1. The first-order valence-electron chi connectivity index (χ1n) is 7.57. The van der Waals surface area contributed by atoms with E-state index >= 15 is 0 Å². The predicted octanol–water partition coefficient (Wildman–Crippen LogP) is 2.87. The molecular formula is C17H17F3N2O3S. The highest BCUT2D eigenvalue weighted by Crippen LogP contribution is 2.32. The SMILES string of the molecule is C[S+](=O)([O-])NCCNC(=O)c1ccc(-c2cccc(C(F)(F)F)c2)cc1. The minimum Gasteiger partial charge on any atom is -0.598 e. The molecule has 0 radical (unpaired) electrons. The summed E-state index contributed by atoms with van der Waals surface area (Å²) in [6.45, 7) is 0.175. The normalized spacial score (nSPS) is 13.9. The zero-order valence-electron chi connectivity index (χ0n) is 13.8. The Morgan fingerprint density at radius 2 is 1.73 bits per heavy atom. The van der Waals surface area contributed by atoms with E-state index < -0.39 is 28.0 Å². The fourth-order valence-corrected chi connectivity index (χ4v) is 2.68. The van der Waals surface area contributed by atoms with Crippen molar-refractivity contribution in [2.75, 3.05) is 19.3 Å². The van der Waals surface area contributed by atoms with Gasteiger partial charge in [-0.1, -0.05) is 28.5 Å². The Hall–Kier alpha value is -2.23. The van der Waals surface area contributed by atoms with Gasteiger partial charge in [0.1, 0.15) is 16.7 Å². The second kappa shape index (κ2) is 7.98. The predicted molar refractivity (Wildman–Crippen MR) is 92.0 cm³/mol. The zero-order valence-corrected chi connectivity index (χ0v) is 14.6.